The van der Waals surface area contributed by atoms with E-state index in [9.17, 15) is 4.79 Å². The van der Waals surface area contributed by atoms with Gasteiger partial charge in [-0.05, 0) is 37.3 Å². The second-order valence-corrected chi connectivity index (χ2v) is 7.21. The highest BCUT2D eigenvalue weighted by molar-refractivity contribution is 5.78. The van der Waals surface area contributed by atoms with E-state index in [0.29, 0.717) is 19.0 Å². The quantitative estimate of drug-likeness (QED) is 0.873. The van der Waals surface area contributed by atoms with Crippen LogP contribution in [0.1, 0.15) is 42.9 Å². The van der Waals surface area contributed by atoms with Crippen molar-refractivity contribution in [1.82, 2.24) is 24.8 Å². The Morgan fingerprint density at radius 2 is 2.24 bits per heavy atom. The smallest absolute Gasteiger partial charge is 0.226 e. The summed E-state index contributed by atoms with van der Waals surface area (Å²) >= 11 is 0. The third-order valence-corrected chi connectivity index (χ3v) is 5.15. The van der Waals surface area contributed by atoms with Crippen LogP contribution in [0.3, 0.4) is 0 Å². The van der Waals surface area contributed by atoms with Gasteiger partial charge in [0.1, 0.15) is 5.82 Å². The highest BCUT2D eigenvalue weighted by atomic mass is 16.1. The van der Waals surface area contributed by atoms with Crippen LogP contribution in [-0.2, 0) is 24.3 Å². The molecule has 0 saturated heterocycles. The summed E-state index contributed by atoms with van der Waals surface area (Å²) < 4.78 is 2.22. The Morgan fingerprint density at radius 1 is 1.36 bits per heavy atom. The van der Waals surface area contributed by atoms with Gasteiger partial charge in [0.05, 0.1) is 18.2 Å². The summed E-state index contributed by atoms with van der Waals surface area (Å²) in [6, 6.07) is 4.17. The van der Waals surface area contributed by atoms with Crippen LogP contribution >= 0.6 is 0 Å². The first-order valence-corrected chi connectivity index (χ1v) is 9.14. The van der Waals surface area contributed by atoms with Crippen molar-refractivity contribution in [3.63, 3.8) is 0 Å². The molecule has 3 heterocycles. The average Bonchev–Trinajstić information content (AvgIpc) is 3.34. The van der Waals surface area contributed by atoms with Crippen LogP contribution < -0.4 is 5.32 Å². The van der Waals surface area contributed by atoms with Gasteiger partial charge in [-0.15, -0.1) is 0 Å². The molecule has 1 amide bonds. The molecule has 6 heteroatoms. The number of fused-ring (bicyclic) bond motifs is 1. The Balaban J connectivity index is 1.35. The number of hydrogen-bond donors (Lipinski definition) is 1. The van der Waals surface area contributed by atoms with Crippen LogP contribution in [-0.4, -0.2) is 38.4 Å². The molecule has 4 rings (SSSR count). The molecule has 2 aromatic heterocycles. The zero-order valence-corrected chi connectivity index (χ0v) is 14.7. The molecule has 2 aliphatic rings. The lowest BCUT2D eigenvalue weighted by atomic mass is 10.2. The van der Waals surface area contributed by atoms with Gasteiger partial charge in [0, 0.05) is 44.8 Å². The van der Waals surface area contributed by atoms with Crippen LogP contribution in [0.15, 0.2) is 30.7 Å². The Kier molecular flexibility index (Phi) is 4.53. The fourth-order valence-electron chi connectivity index (χ4n) is 3.49. The third kappa shape index (κ3) is 3.90. The molecule has 2 aromatic rings. The maximum absolute atomic E-state index is 12.2. The van der Waals surface area contributed by atoms with Crippen molar-refractivity contribution in [2.45, 2.75) is 45.3 Å². The van der Waals surface area contributed by atoms with E-state index >= 15 is 0 Å². The molecule has 1 N–H and O–H groups in total. The maximum Gasteiger partial charge on any atom is 0.226 e. The largest absolute Gasteiger partial charge is 0.352 e. The maximum atomic E-state index is 12.2. The van der Waals surface area contributed by atoms with Gasteiger partial charge in [0.2, 0.25) is 5.91 Å². The minimum Gasteiger partial charge on any atom is -0.352 e. The third-order valence-electron chi connectivity index (χ3n) is 5.15. The molecule has 0 spiro atoms. The molecule has 132 valence electrons. The molecule has 6 nitrogen and oxygen atoms in total. The fourth-order valence-corrected chi connectivity index (χ4v) is 3.49. The summed E-state index contributed by atoms with van der Waals surface area (Å²) in [6.07, 6.45) is 8.62. The number of amides is 1. The van der Waals surface area contributed by atoms with Crippen molar-refractivity contribution in [3.8, 4) is 0 Å². The summed E-state index contributed by atoms with van der Waals surface area (Å²) in [5, 5.41) is 2.94. The lowest BCUT2D eigenvalue weighted by Gasteiger charge is -2.33. The lowest BCUT2D eigenvalue weighted by Crippen LogP contribution is -2.38. The van der Waals surface area contributed by atoms with Crippen LogP contribution in [0.5, 0.6) is 0 Å². The highest BCUT2D eigenvalue weighted by Gasteiger charge is 2.31. The normalized spacial score (nSPS) is 20.3. The predicted molar refractivity (Wildman–Crippen MR) is 94.7 cm³/mol. The van der Waals surface area contributed by atoms with Crippen LogP contribution in [0, 0.1) is 5.92 Å². The molecular weight excluding hydrogens is 314 g/mol. The Hall–Kier alpha value is -2.21. The SMILES string of the molecule is CC1c2nc(CC(=O)NCc3cccnc3)cn2CCN1CC1CC1. The molecular formula is C19H25N5O. The van der Waals surface area contributed by atoms with E-state index in [2.05, 4.69) is 26.7 Å². The second-order valence-electron chi connectivity index (χ2n) is 7.21. The summed E-state index contributed by atoms with van der Waals surface area (Å²) in [4.78, 5) is 23.6. The zero-order chi connectivity index (χ0) is 17.2. The molecule has 1 unspecified atom stereocenters. The minimum atomic E-state index is 0.00166. The molecule has 25 heavy (non-hydrogen) atoms. The number of imidazole rings is 1. The lowest BCUT2D eigenvalue weighted by molar-refractivity contribution is -0.120. The molecule has 0 radical (unpaired) electrons. The number of pyridine rings is 1. The van der Waals surface area contributed by atoms with E-state index in [1.54, 1.807) is 12.4 Å². The molecule has 1 aliphatic carbocycles. The molecule has 1 saturated carbocycles. The van der Waals surface area contributed by atoms with E-state index in [0.717, 1.165) is 36.1 Å². The first-order valence-electron chi connectivity index (χ1n) is 9.14. The number of aromatic nitrogens is 3. The topological polar surface area (TPSA) is 63.1 Å². The number of nitrogens with one attached hydrogen (secondary N) is 1. The molecule has 0 bridgehead atoms. The van der Waals surface area contributed by atoms with Gasteiger partial charge in [-0.2, -0.15) is 0 Å². The summed E-state index contributed by atoms with van der Waals surface area (Å²) in [5.74, 6) is 1.99. The van der Waals surface area contributed by atoms with Gasteiger partial charge in [-0.1, -0.05) is 6.07 Å². The van der Waals surface area contributed by atoms with E-state index in [-0.39, 0.29) is 5.91 Å². The Bertz CT molecular complexity index is 738. The highest BCUT2D eigenvalue weighted by Crippen LogP contribution is 2.33. The van der Waals surface area contributed by atoms with E-state index in [1.807, 2.05) is 18.3 Å². The van der Waals surface area contributed by atoms with Crippen molar-refractivity contribution in [2.75, 3.05) is 13.1 Å². The van der Waals surface area contributed by atoms with E-state index in [1.165, 1.54) is 19.4 Å². The number of carbonyl (C=O) groups is 1. The molecule has 1 aliphatic heterocycles. The summed E-state index contributed by atoms with van der Waals surface area (Å²) in [6.45, 7) is 5.97. The van der Waals surface area contributed by atoms with Gasteiger partial charge in [0.15, 0.2) is 0 Å². The molecule has 1 fully saturated rings. The predicted octanol–water partition coefficient (Wildman–Crippen LogP) is 1.92. The molecule has 1 atom stereocenters. The Morgan fingerprint density at radius 3 is 3.00 bits per heavy atom. The Labute approximate surface area is 148 Å². The molecule has 0 aromatic carbocycles. The monoisotopic (exact) mass is 339 g/mol. The number of rotatable bonds is 6. The first kappa shape index (κ1) is 16.3. The van der Waals surface area contributed by atoms with E-state index < -0.39 is 0 Å². The van der Waals surface area contributed by atoms with Crippen molar-refractivity contribution >= 4 is 5.91 Å². The average molecular weight is 339 g/mol. The second kappa shape index (κ2) is 6.96. The van der Waals surface area contributed by atoms with Crippen molar-refractivity contribution in [2.24, 2.45) is 5.92 Å². The van der Waals surface area contributed by atoms with Gasteiger partial charge < -0.3 is 9.88 Å². The summed E-state index contributed by atoms with van der Waals surface area (Å²) in [5.41, 5.74) is 1.86. The van der Waals surface area contributed by atoms with Gasteiger partial charge in [-0.25, -0.2) is 4.98 Å². The summed E-state index contributed by atoms with van der Waals surface area (Å²) in [7, 11) is 0. The van der Waals surface area contributed by atoms with Gasteiger partial charge in [-0.3, -0.25) is 14.7 Å². The van der Waals surface area contributed by atoms with Crippen molar-refractivity contribution in [3.05, 3.63) is 47.8 Å². The van der Waals surface area contributed by atoms with Crippen LogP contribution in [0.4, 0.5) is 0 Å². The van der Waals surface area contributed by atoms with Crippen LogP contribution in [0.25, 0.3) is 0 Å². The number of carbonyl (C=O) groups excluding carboxylic acids is 1. The van der Waals surface area contributed by atoms with E-state index in [4.69, 9.17) is 4.98 Å². The van der Waals surface area contributed by atoms with Gasteiger partial charge >= 0.3 is 0 Å². The first-order chi connectivity index (χ1) is 12.2. The van der Waals surface area contributed by atoms with Crippen LogP contribution in [0.2, 0.25) is 0 Å². The number of nitrogens with zero attached hydrogens (tertiary/aromatic N) is 4. The minimum absolute atomic E-state index is 0.00166. The number of hydrogen-bond acceptors (Lipinski definition) is 4. The fraction of sp³-hybridized carbons (Fsp3) is 0.526. The standard InChI is InChI=1S/C19H25N5O/c1-14-19-22-17(9-18(25)21-11-16-3-2-6-20-10-16)13-24(19)8-7-23(14)12-15-4-5-15/h2-3,6,10,13-15H,4-5,7-9,11-12H2,1H3,(H,21,25). The van der Waals surface area contributed by atoms with Crippen molar-refractivity contribution < 1.29 is 4.79 Å². The zero-order valence-electron chi connectivity index (χ0n) is 14.7. The van der Waals surface area contributed by atoms with Gasteiger partial charge in [0.25, 0.3) is 0 Å². The van der Waals surface area contributed by atoms with Crippen molar-refractivity contribution in [1.29, 1.82) is 0 Å².